The molecule has 2 aromatic rings. The molecule has 0 unspecified atom stereocenters. The largest absolute Gasteiger partial charge is 0.361 e. The lowest BCUT2D eigenvalue weighted by Crippen LogP contribution is -2.39. The predicted molar refractivity (Wildman–Crippen MR) is 80.0 cm³/mol. The van der Waals surface area contributed by atoms with Gasteiger partial charge in [-0.2, -0.15) is 0 Å². The molecule has 0 atom stereocenters. The summed E-state index contributed by atoms with van der Waals surface area (Å²) >= 11 is 5.92. The first-order valence-electron chi connectivity index (χ1n) is 7.04. The average Bonchev–Trinajstić information content (AvgIpc) is 2.70. The summed E-state index contributed by atoms with van der Waals surface area (Å²) in [4.78, 5) is 0. The van der Waals surface area contributed by atoms with Crippen LogP contribution in [-0.2, 0) is 6.54 Å². The van der Waals surface area contributed by atoms with Crippen LogP contribution < -0.4 is 5.32 Å². The van der Waals surface area contributed by atoms with Crippen molar-refractivity contribution in [2.45, 2.75) is 45.2 Å². The van der Waals surface area contributed by atoms with Gasteiger partial charge in [-0.25, -0.2) is 0 Å². The summed E-state index contributed by atoms with van der Waals surface area (Å²) in [6.07, 6.45) is 2.37. The Morgan fingerprint density at radius 1 is 1.25 bits per heavy atom. The Balaban J connectivity index is 1.50. The molecule has 1 aliphatic carbocycles. The number of rotatable bonds is 4. The third kappa shape index (κ3) is 2.74. The summed E-state index contributed by atoms with van der Waals surface area (Å²) in [6, 6.07) is 8.81. The molecule has 4 heteroatoms. The molecular weight excluding hydrogens is 272 g/mol. The highest BCUT2D eigenvalue weighted by Crippen LogP contribution is 2.37. The molecule has 1 aliphatic rings. The lowest BCUT2D eigenvalue weighted by molar-refractivity contribution is 0.289. The molecule has 0 radical (unpaired) electrons. The van der Waals surface area contributed by atoms with E-state index in [1.807, 2.05) is 26.0 Å². The van der Waals surface area contributed by atoms with Gasteiger partial charge in [-0.15, -0.1) is 0 Å². The molecular formula is C16H19ClN2O. The SMILES string of the molecule is Cc1noc(C)c1CNC1CC(c2ccc(Cl)cc2)C1. The maximum absolute atomic E-state index is 5.92. The Kier molecular flexibility index (Phi) is 3.81. The zero-order valence-corrected chi connectivity index (χ0v) is 12.6. The Labute approximate surface area is 124 Å². The fourth-order valence-corrected chi connectivity index (χ4v) is 2.92. The van der Waals surface area contributed by atoms with E-state index in [9.17, 15) is 0 Å². The fourth-order valence-electron chi connectivity index (χ4n) is 2.79. The topological polar surface area (TPSA) is 38.1 Å². The van der Waals surface area contributed by atoms with Crippen LogP contribution in [0.5, 0.6) is 0 Å². The second kappa shape index (κ2) is 5.58. The van der Waals surface area contributed by atoms with E-state index in [1.165, 1.54) is 24.0 Å². The minimum atomic E-state index is 0.587. The minimum absolute atomic E-state index is 0.587. The second-order valence-electron chi connectivity index (χ2n) is 5.60. The zero-order chi connectivity index (χ0) is 14.1. The highest BCUT2D eigenvalue weighted by atomic mass is 35.5. The Morgan fingerprint density at radius 2 is 1.95 bits per heavy atom. The molecule has 0 aliphatic heterocycles. The number of nitrogens with zero attached hydrogens (tertiary/aromatic N) is 1. The maximum atomic E-state index is 5.92. The molecule has 0 amide bonds. The van der Waals surface area contributed by atoms with Gasteiger partial charge < -0.3 is 9.84 Å². The van der Waals surface area contributed by atoms with Crippen LogP contribution in [0.2, 0.25) is 5.02 Å². The molecule has 0 bridgehead atoms. The summed E-state index contributed by atoms with van der Waals surface area (Å²) in [7, 11) is 0. The number of halogens is 1. The smallest absolute Gasteiger partial charge is 0.138 e. The zero-order valence-electron chi connectivity index (χ0n) is 11.8. The number of hydrogen-bond acceptors (Lipinski definition) is 3. The molecule has 0 spiro atoms. The molecule has 1 heterocycles. The van der Waals surface area contributed by atoms with Crippen molar-refractivity contribution in [1.29, 1.82) is 0 Å². The molecule has 3 nitrogen and oxygen atoms in total. The van der Waals surface area contributed by atoms with Gasteiger partial charge in [0.05, 0.1) is 5.69 Å². The van der Waals surface area contributed by atoms with E-state index >= 15 is 0 Å². The van der Waals surface area contributed by atoms with Gasteiger partial charge in [-0.1, -0.05) is 28.9 Å². The van der Waals surface area contributed by atoms with Crippen LogP contribution in [0.3, 0.4) is 0 Å². The molecule has 1 fully saturated rings. The molecule has 106 valence electrons. The first-order chi connectivity index (χ1) is 9.63. The molecule has 0 saturated heterocycles. The van der Waals surface area contributed by atoms with Crippen LogP contribution in [0.15, 0.2) is 28.8 Å². The Bertz CT molecular complexity index is 566. The predicted octanol–water partition coefficient (Wildman–Crippen LogP) is 3.98. The van der Waals surface area contributed by atoms with Crippen LogP contribution in [-0.4, -0.2) is 11.2 Å². The van der Waals surface area contributed by atoms with Gasteiger partial charge in [-0.3, -0.25) is 0 Å². The van der Waals surface area contributed by atoms with Crippen molar-refractivity contribution in [2.24, 2.45) is 0 Å². The standard InChI is InChI=1S/C16H19ClN2O/c1-10-16(11(2)20-19-10)9-18-15-7-13(8-15)12-3-5-14(17)6-4-12/h3-6,13,15,18H,7-9H2,1-2H3. The highest BCUT2D eigenvalue weighted by molar-refractivity contribution is 6.30. The number of nitrogens with one attached hydrogen (secondary N) is 1. The third-order valence-corrected chi connectivity index (χ3v) is 4.48. The monoisotopic (exact) mass is 290 g/mol. The third-order valence-electron chi connectivity index (χ3n) is 4.23. The van der Waals surface area contributed by atoms with E-state index in [2.05, 4.69) is 22.6 Å². The van der Waals surface area contributed by atoms with E-state index in [-0.39, 0.29) is 0 Å². The fraction of sp³-hybridized carbons (Fsp3) is 0.438. The molecule has 1 aromatic heterocycles. The van der Waals surface area contributed by atoms with Gasteiger partial charge in [-0.05, 0) is 50.3 Å². The number of aryl methyl sites for hydroxylation is 2. The van der Waals surface area contributed by atoms with Crippen LogP contribution in [0.25, 0.3) is 0 Å². The summed E-state index contributed by atoms with van der Waals surface area (Å²) < 4.78 is 5.18. The van der Waals surface area contributed by atoms with Gasteiger partial charge in [0.15, 0.2) is 0 Å². The van der Waals surface area contributed by atoms with Gasteiger partial charge >= 0.3 is 0 Å². The van der Waals surface area contributed by atoms with E-state index in [4.69, 9.17) is 16.1 Å². The number of benzene rings is 1. The van der Waals surface area contributed by atoms with E-state index in [0.29, 0.717) is 12.0 Å². The summed E-state index contributed by atoms with van der Waals surface area (Å²) in [5, 5.41) is 8.38. The van der Waals surface area contributed by atoms with Crippen LogP contribution in [0.1, 0.15) is 41.3 Å². The normalized spacial score (nSPS) is 21.8. The lowest BCUT2D eigenvalue weighted by atomic mass is 9.76. The van der Waals surface area contributed by atoms with Crippen molar-refractivity contribution >= 4 is 11.6 Å². The van der Waals surface area contributed by atoms with Gasteiger partial charge in [0.2, 0.25) is 0 Å². The molecule has 20 heavy (non-hydrogen) atoms. The van der Waals surface area contributed by atoms with E-state index in [1.54, 1.807) is 0 Å². The summed E-state index contributed by atoms with van der Waals surface area (Å²) in [5.74, 6) is 1.58. The van der Waals surface area contributed by atoms with Crippen molar-refractivity contribution in [3.05, 3.63) is 51.9 Å². The van der Waals surface area contributed by atoms with E-state index < -0.39 is 0 Å². The van der Waals surface area contributed by atoms with Crippen molar-refractivity contribution in [2.75, 3.05) is 0 Å². The Hall–Kier alpha value is -1.32. The van der Waals surface area contributed by atoms with Gasteiger partial charge in [0, 0.05) is 23.2 Å². The van der Waals surface area contributed by atoms with Crippen molar-refractivity contribution in [3.63, 3.8) is 0 Å². The summed E-state index contributed by atoms with van der Waals surface area (Å²) in [6.45, 7) is 4.80. The maximum Gasteiger partial charge on any atom is 0.138 e. The molecule has 3 rings (SSSR count). The quantitative estimate of drug-likeness (QED) is 0.925. The van der Waals surface area contributed by atoms with Crippen molar-refractivity contribution in [1.82, 2.24) is 10.5 Å². The first-order valence-corrected chi connectivity index (χ1v) is 7.42. The van der Waals surface area contributed by atoms with Crippen molar-refractivity contribution in [3.8, 4) is 0 Å². The second-order valence-corrected chi connectivity index (χ2v) is 6.04. The first kappa shape index (κ1) is 13.7. The minimum Gasteiger partial charge on any atom is -0.361 e. The van der Waals surface area contributed by atoms with Crippen LogP contribution in [0, 0.1) is 13.8 Å². The van der Waals surface area contributed by atoms with Crippen LogP contribution >= 0.6 is 11.6 Å². The Morgan fingerprint density at radius 3 is 2.55 bits per heavy atom. The van der Waals surface area contributed by atoms with Gasteiger partial charge in [0.1, 0.15) is 5.76 Å². The average molecular weight is 291 g/mol. The van der Waals surface area contributed by atoms with E-state index in [0.717, 1.165) is 23.0 Å². The summed E-state index contributed by atoms with van der Waals surface area (Å²) in [5.41, 5.74) is 3.58. The highest BCUT2D eigenvalue weighted by Gasteiger charge is 2.30. The lowest BCUT2D eigenvalue weighted by Gasteiger charge is -2.36. The number of aromatic nitrogens is 1. The molecule has 1 aromatic carbocycles. The number of hydrogen-bond donors (Lipinski definition) is 1. The molecule has 1 N–H and O–H groups in total. The van der Waals surface area contributed by atoms with Crippen LogP contribution in [0.4, 0.5) is 0 Å². The van der Waals surface area contributed by atoms with Gasteiger partial charge in [0.25, 0.3) is 0 Å². The van der Waals surface area contributed by atoms with Crippen molar-refractivity contribution < 1.29 is 4.52 Å². The molecule has 1 saturated carbocycles.